The molecule has 2 aliphatic rings. The van der Waals surface area contributed by atoms with E-state index in [4.69, 9.17) is 9.47 Å². The molecule has 10 nitrogen and oxygen atoms in total. The summed E-state index contributed by atoms with van der Waals surface area (Å²) >= 11 is 0. The highest BCUT2D eigenvalue weighted by Gasteiger charge is 2.28. The van der Waals surface area contributed by atoms with Gasteiger partial charge in [-0.3, -0.25) is 0 Å². The van der Waals surface area contributed by atoms with Gasteiger partial charge in [0.2, 0.25) is 5.82 Å². The Kier molecular flexibility index (Phi) is 6.43. The molecule has 0 radical (unpaired) electrons. The third-order valence-electron chi connectivity index (χ3n) is 6.10. The van der Waals surface area contributed by atoms with Crippen LogP contribution in [0.3, 0.4) is 0 Å². The minimum absolute atomic E-state index is 0.123. The highest BCUT2D eigenvalue weighted by atomic mass is 19.1. The first-order valence-electron chi connectivity index (χ1n) is 11.6. The van der Waals surface area contributed by atoms with Crippen LogP contribution in [0.5, 0.6) is 0 Å². The summed E-state index contributed by atoms with van der Waals surface area (Å²) in [5, 5.41) is 7.63. The predicted octanol–water partition coefficient (Wildman–Crippen LogP) is 2.80. The van der Waals surface area contributed by atoms with Gasteiger partial charge in [0.25, 0.3) is 0 Å². The van der Waals surface area contributed by atoms with Gasteiger partial charge in [-0.2, -0.15) is 9.49 Å². The van der Waals surface area contributed by atoms with Gasteiger partial charge in [-0.05, 0) is 31.9 Å². The summed E-state index contributed by atoms with van der Waals surface area (Å²) in [5.41, 5.74) is 1.55. The minimum Gasteiger partial charge on any atom is -0.450 e. The fourth-order valence-corrected chi connectivity index (χ4v) is 4.41. The first-order valence-corrected chi connectivity index (χ1v) is 11.6. The number of rotatable bonds is 5. The number of fused-ring (bicyclic) bond motifs is 1. The first-order chi connectivity index (χ1) is 16.6. The number of carbonyl (C=O) groups excluding carboxylic acids is 1. The van der Waals surface area contributed by atoms with Crippen molar-refractivity contribution >= 4 is 23.2 Å². The van der Waals surface area contributed by atoms with Gasteiger partial charge in [0, 0.05) is 38.4 Å². The fraction of sp³-hybridized carbons (Fsp3) is 0.478. The number of hydrogen-bond acceptors (Lipinski definition) is 8. The molecule has 180 valence electrons. The molecule has 0 saturated carbocycles. The van der Waals surface area contributed by atoms with Crippen LogP contribution >= 0.6 is 0 Å². The second kappa shape index (κ2) is 9.80. The average Bonchev–Trinajstić information content (AvgIpc) is 3.30. The summed E-state index contributed by atoms with van der Waals surface area (Å²) in [6, 6.07) is 5.57. The third kappa shape index (κ3) is 4.47. The monoisotopic (exact) mass is 469 g/mol. The van der Waals surface area contributed by atoms with Crippen LogP contribution < -0.4 is 10.2 Å². The zero-order chi connectivity index (χ0) is 23.5. The largest absolute Gasteiger partial charge is 0.450 e. The Morgan fingerprint density at radius 1 is 1.26 bits per heavy atom. The molecule has 3 aromatic rings. The Balaban J connectivity index is 1.49. The topological polar surface area (TPSA) is 97.1 Å². The SMILES string of the molecule is CCOC(=O)N1CCC[C@@H](Nc2nc(-c3cnn4ccccc34)nc(N3CCOCC3)c2F)C1. The van der Waals surface area contributed by atoms with E-state index in [0.29, 0.717) is 51.8 Å². The fourth-order valence-electron chi connectivity index (χ4n) is 4.41. The van der Waals surface area contributed by atoms with Gasteiger partial charge in [0.15, 0.2) is 17.5 Å². The van der Waals surface area contributed by atoms with E-state index >= 15 is 4.39 Å². The van der Waals surface area contributed by atoms with Crippen molar-refractivity contribution in [3.8, 4) is 11.4 Å². The molecule has 1 N–H and O–H groups in total. The average molecular weight is 470 g/mol. The Labute approximate surface area is 196 Å². The summed E-state index contributed by atoms with van der Waals surface area (Å²) in [6.07, 6.45) is 4.77. The molecule has 5 heterocycles. The number of pyridine rings is 1. The molecule has 1 amide bonds. The lowest BCUT2D eigenvalue weighted by atomic mass is 10.1. The van der Waals surface area contributed by atoms with E-state index < -0.39 is 5.82 Å². The standard InChI is InChI=1S/C23H28FN7O3/c1-2-34-23(32)30-8-5-6-16(15-30)26-21-19(24)22(29-10-12-33-13-11-29)28-20(27-21)17-14-25-31-9-4-3-7-18(17)31/h3-4,7,9,14,16H,2,5-6,8,10-13,15H2,1H3,(H,26,27,28)/t16-/m1/s1. The van der Waals surface area contributed by atoms with E-state index in [9.17, 15) is 4.79 Å². The van der Waals surface area contributed by atoms with Crippen molar-refractivity contribution in [2.45, 2.75) is 25.8 Å². The number of likely N-dealkylation sites (tertiary alicyclic amines) is 1. The number of anilines is 2. The Morgan fingerprint density at radius 3 is 2.94 bits per heavy atom. The first kappa shape index (κ1) is 22.3. The van der Waals surface area contributed by atoms with Crippen LogP contribution in [-0.2, 0) is 9.47 Å². The number of carbonyl (C=O) groups is 1. The molecule has 11 heteroatoms. The van der Waals surface area contributed by atoms with Crippen molar-refractivity contribution in [2.24, 2.45) is 0 Å². The molecule has 0 unspecified atom stereocenters. The lowest BCUT2D eigenvalue weighted by Gasteiger charge is -2.33. The molecule has 1 atom stereocenters. The van der Waals surface area contributed by atoms with Gasteiger partial charge >= 0.3 is 6.09 Å². The van der Waals surface area contributed by atoms with Crippen LogP contribution in [0.15, 0.2) is 30.6 Å². The van der Waals surface area contributed by atoms with Crippen molar-refractivity contribution in [3.63, 3.8) is 0 Å². The van der Waals surface area contributed by atoms with Crippen LogP contribution in [0, 0.1) is 5.82 Å². The highest BCUT2D eigenvalue weighted by Crippen LogP contribution is 2.30. The molecular weight excluding hydrogens is 441 g/mol. The summed E-state index contributed by atoms with van der Waals surface area (Å²) in [4.78, 5) is 24.9. The number of hydrogen-bond donors (Lipinski definition) is 1. The molecule has 0 spiro atoms. The second-order valence-corrected chi connectivity index (χ2v) is 8.35. The Morgan fingerprint density at radius 2 is 2.12 bits per heavy atom. The van der Waals surface area contributed by atoms with E-state index in [0.717, 1.165) is 23.9 Å². The zero-order valence-electron chi connectivity index (χ0n) is 19.1. The van der Waals surface area contributed by atoms with Crippen LogP contribution in [-0.4, -0.2) is 82.6 Å². The summed E-state index contributed by atoms with van der Waals surface area (Å²) in [6.45, 7) is 5.24. The molecular formula is C23H28FN7O3. The van der Waals surface area contributed by atoms with E-state index in [-0.39, 0.29) is 23.8 Å². The number of amides is 1. The molecule has 3 aromatic heterocycles. The van der Waals surface area contributed by atoms with Crippen molar-refractivity contribution in [3.05, 3.63) is 36.4 Å². The van der Waals surface area contributed by atoms with E-state index in [1.165, 1.54) is 0 Å². The van der Waals surface area contributed by atoms with Crippen molar-refractivity contribution < 1.29 is 18.7 Å². The zero-order valence-corrected chi connectivity index (χ0v) is 19.1. The number of nitrogens with one attached hydrogen (secondary N) is 1. The third-order valence-corrected chi connectivity index (χ3v) is 6.10. The van der Waals surface area contributed by atoms with Gasteiger partial charge in [-0.25, -0.2) is 19.3 Å². The second-order valence-electron chi connectivity index (χ2n) is 8.35. The van der Waals surface area contributed by atoms with Crippen LogP contribution in [0.1, 0.15) is 19.8 Å². The molecule has 0 aliphatic carbocycles. The molecule has 5 rings (SSSR count). The highest BCUT2D eigenvalue weighted by molar-refractivity contribution is 5.77. The quantitative estimate of drug-likeness (QED) is 0.609. The predicted molar refractivity (Wildman–Crippen MR) is 124 cm³/mol. The van der Waals surface area contributed by atoms with Crippen molar-refractivity contribution in [1.82, 2.24) is 24.5 Å². The number of nitrogens with zero attached hydrogens (tertiary/aromatic N) is 6. The van der Waals surface area contributed by atoms with Gasteiger partial charge in [0.05, 0.1) is 37.1 Å². The van der Waals surface area contributed by atoms with Gasteiger partial charge in [0.1, 0.15) is 0 Å². The maximum absolute atomic E-state index is 15.7. The summed E-state index contributed by atoms with van der Waals surface area (Å²) in [7, 11) is 0. The van der Waals surface area contributed by atoms with Gasteiger partial charge < -0.3 is 24.6 Å². The molecule has 2 aliphatic heterocycles. The number of ether oxygens (including phenoxy) is 2. The Bertz CT molecular complexity index is 1160. The minimum atomic E-state index is -0.504. The van der Waals surface area contributed by atoms with E-state index in [2.05, 4.69) is 20.4 Å². The normalized spacial score (nSPS) is 18.8. The van der Waals surface area contributed by atoms with Crippen LogP contribution in [0.4, 0.5) is 20.8 Å². The maximum Gasteiger partial charge on any atom is 0.409 e. The van der Waals surface area contributed by atoms with E-state index in [1.54, 1.807) is 22.5 Å². The number of aromatic nitrogens is 4. The Hall–Kier alpha value is -3.47. The number of morpholine rings is 1. The lowest BCUT2D eigenvalue weighted by molar-refractivity contribution is 0.0975. The van der Waals surface area contributed by atoms with E-state index in [1.807, 2.05) is 29.3 Å². The van der Waals surface area contributed by atoms with Gasteiger partial charge in [-0.15, -0.1) is 0 Å². The molecule has 2 saturated heterocycles. The van der Waals surface area contributed by atoms with Crippen molar-refractivity contribution in [2.75, 3.05) is 56.2 Å². The lowest BCUT2D eigenvalue weighted by Crippen LogP contribution is -2.45. The van der Waals surface area contributed by atoms with Crippen molar-refractivity contribution in [1.29, 1.82) is 0 Å². The molecule has 2 fully saturated rings. The van der Waals surface area contributed by atoms with Crippen LogP contribution in [0.2, 0.25) is 0 Å². The molecule has 0 aromatic carbocycles. The molecule has 0 bridgehead atoms. The number of halogens is 1. The smallest absolute Gasteiger partial charge is 0.409 e. The molecule has 34 heavy (non-hydrogen) atoms. The summed E-state index contributed by atoms with van der Waals surface area (Å²) in [5.74, 6) is 0.252. The maximum atomic E-state index is 15.7. The van der Waals surface area contributed by atoms with Gasteiger partial charge in [-0.1, -0.05) is 6.07 Å². The number of piperidine rings is 1. The van der Waals surface area contributed by atoms with Crippen LogP contribution in [0.25, 0.3) is 16.9 Å². The summed E-state index contributed by atoms with van der Waals surface area (Å²) < 4.78 is 28.1.